The van der Waals surface area contributed by atoms with Gasteiger partial charge < -0.3 is 5.32 Å². The topological polar surface area (TPSA) is 66.5 Å². The second-order valence-electron chi connectivity index (χ2n) is 7.45. The molecular formula is C22H27FN2O3S. The molecule has 1 fully saturated rings. The van der Waals surface area contributed by atoms with Gasteiger partial charge in [-0.2, -0.15) is 0 Å². The minimum Gasteiger partial charge on any atom is -0.352 e. The van der Waals surface area contributed by atoms with Gasteiger partial charge in [-0.25, -0.2) is 17.1 Å². The Labute approximate surface area is 172 Å². The normalized spacial score (nSPS) is 17.8. The first-order valence-corrected chi connectivity index (χ1v) is 11.6. The molecule has 1 aliphatic heterocycles. The molecule has 1 amide bonds. The van der Waals surface area contributed by atoms with Crippen molar-refractivity contribution in [1.82, 2.24) is 9.62 Å². The zero-order valence-corrected chi connectivity index (χ0v) is 17.2. The van der Waals surface area contributed by atoms with Crippen molar-refractivity contribution in [2.75, 3.05) is 18.8 Å². The molecule has 3 rings (SSSR count). The highest BCUT2D eigenvalue weighted by Crippen LogP contribution is 2.20. The Bertz CT molecular complexity index is 901. The SMILES string of the molecule is O=C(NCc1ccc(F)cc1)[C@H]1CCCN(S(=O)(=O)CCCc2ccccc2)C1. The maximum absolute atomic E-state index is 13.0. The number of carbonyl (C=O) groups is 1. The fourth-order valence-electron chi connectivity index (χ4n) is 3.58. The minimum absolute atomic E-state index is 0.0891. The molecule has 0 radical (unpaired) electrons. The van der Waals surface area contributed by atoms with E-state index < -0.39 is 10.0 Å². The first-order chi connectivity index (χ1) is 13.9. The zero-order valence-electron chi connectivity index (χ0n) is 16.4. The number of benzene rings is 2. The number of amides is 1. The molecule has 0 saturated carbocycles. The van der Waals surface area contributed by atoms with E-state index in [2.05, 4.69) is 5.32 Å². The lowest BCUT2D eigenvalue weighted by Gasteiger charge is -2.31. The summed E-state index contributed by atoms with van der Waals surface area (Å²) in [6.07, 6.45) is 2.62. The summed E-state index contributed by atoms with van der Waals surface area (Å²) in [4.78, 5) is 12.5. The fourth-order valence-corrected chi connectivity index (χ4v) is 5.16. The highest BCUT2D eigenvalue weighted by Gasteiger charge is 2.31. The van der Waals surface area contributed by atoms with E-state index in [-0.39, 0.29) is 29.9 Å². The Morgan fingerprint density at radius 1 is 1.07 bits per heavy atom. The van der Waals surface area contributed by atoms with Crippen LogP contribution in [0.2, 0.25) is 0 Å². The van der Waals surface area contributed by atoms with Crippen LogP contribution in [0.5, 0.6) is 0 Å². The van der Waals surface area contributed by atoms with E-state index in [4.69, 9.17) is 0 Å². The summed E-state index contributed by atoms with van der Waals surface area (Å²) in [5.41, 5.74) is 1.93. The molecule has 7 heteroatoms. The minimum atomic E-state index is -3.38. The Kier molecular flexibility index (Phi) is 7.39. The molecule has 0 spiro atoms. The van der Waals surface area contributed by atoms with E-state index in [1.165, 1.54) is 16.4 Å². The van der Waals surface area contributed by atoms with Gasteiger partial charge in [0, 0.05) is 19.6 Å². The third kappa shape index (κ3) is 6.37. The van der Waals surface area contributed by atoms with Crippen molar-refractivity contribution in [2.45, 2.75) is 32.2 Å². The number of aryl methyl sites for hydroxylation is 1. The van der Waals surface area contributed by atoms with Crippen molar-refractivity contribution >= 4 is 15.9 Å². The molecule has 0 unspecified atom stereocenters. The van der Waals surface area contributed by atoms with Gasteiger partial charge in [0.25, 0.3) is 0 Å². The quantitative estimate of drug-likeness (QED) is 0.716. The Morgan fingerprint density at radius 2 is 1.79 bits per heavy atom. The molecule has 2 aromatic rings. The molecule has 1 atom stereocenters. The number of nitrogens with zero attached hydrogens (tertiary/aromatic N) is 1. The van der Waals surface area contributed by atoms with Crippen LogP contribution >= 0.6 is 0 Å². The van der Waals surface area contributed by atoms with E-state index in [1.807, 2.05) is 30.3 Å². The summed E-state index contributed by atoms with van der Waals surface area (Å²) in [5.74, 6) is -0.738. The number of hydrogen-bond acceptors (Lipinski definition) is 3. The largest absolute Gasteiger partial charge is 0.352 e. The molecule has 0 aliphatic carbocycles. The number of sulfonamides is 1. The van der Waals surface area contributed by atoms with Crippen molar-refractivity contribution < 1.29 is 17.6 Å². The Morgan fingerprint density at radius 3 is 2.52 bits per heavy atom. The van der Waals surface area contributed by atoms with Gasteiger partial charge in [-0.05, 0) is 48.9 Å². The zero-order chi connectivity index (χ0) is 20.7. The summed E-state index contributed by atoms with van der Waals surface area (Å²) in [5, 5.41) is 2.84. The second-order valence-corrected chi connectivity index (χ2v) is 9.54. The standard InChI is InChI=1S/C22H27FN2O3S/c23-21-12-10-19(11-13-21)16-24-22(26)20-9-4-14-25(17-20)29(27,28)15-5-8-18-6-2-1-3-7-18/h1-3,6-7,10-13,20H,4-5,8-9,14-17H2,(H,24,26)/t20-/m0/s1. The lowest BCUT2D eigenvalue weighted by Crippen LogP contribution is -2.46. The van der Waals surface area contributed by atoms with Crippen molar-refractivity contribution in [2.24, 2.45) is 5.92 Å². The molecule has 2 aromatic carbocycles. The van der Waals surface area contributed by atoms with Crippen LogP contribution in [0.25, 0.3) is 0 Å². The molecule has 1 aliphatic rings. The number of carbonyl (C=O) groups excluding carboxylic acids is 1. The van der Waals surface area contributed by atoms with Crippen LogP contribution in [0.4, 0.5) is 4.39 Å². The van der Waals surface area contributed by atoms with E-state index in [1.54, 1.807) is 12.1 Å². The molecule has 156 valence electrons. The predicted octanol–water partition coefficient (Wildman–Crippen LogP) is 3.12. The molecule has 0 bridgehead atoms. The molecule has 29 heavy (non-hydrogen) atoms. The average molecular weight is 419 g/mol. The Balaban J connectivity index is 1.49. The van der Waals surface area contributed by atoms with E-state index in [0.717, 1.165) is 17.5 Å². The van der Waals surface area contributed by atoms with Gasteiger partial charge in [-0.3, -0.25) is 4.79 Å². The maximum Gasteiger partial charge on any atom is 0.224 e. The van der Waals surface area contributed by atoms with Crippen LogP contribution in [0.15, 0.2) is 54.6 Å². The van der Waals surface area contributed by atoms with Crippen LogP contribution in [-0.4, -0.2) is 37.5 Å². The Hall–Kier alpha value is -2.25. The molecular weight excluding hydrogens is 391 g/mol. The first-order valence-electron chi connectivity index (χ1n) is 9.98. The highest BCUT2D eigenvalue weighted by atomic mass is 32.2. The smallest absolute Gasteiger partial charge is 0.224 e. The fraction of sp³-hybridized carbons (Fsp3) is 0.409. The number of piperidine rings is 1. The molecule has 1 heterocycles. The van der Waals surface area contributed by atoms with Crippen molar-refractivity contribution in [3.63, 3.8) is 0 Å². The second kappa shape index (κ2) is 9.98. The van der Waals surface area contributed by atoms with E-state index >= 15 is 0 Å². The number of hydrogen-bond donors (Lipinski definition) is 1. The van der Waals surface area contributed by atoms with E-state index in [9.17, 15) is 17.6 Å². The van der Waals surface area contributed by atoms with Gasteiger partial charge in [0.05, 0.1) is 11.7 Å². The van der Waals surface area contributed by atoms with Crippen LogP contribution in [0.3, 0.4) is 0 Å². The monoisotopic (exact) mass is 418 g/mol. The number of rotatable bonds is 8. The van der Waals surface area contributed by atoms with Gasteiger partial charge in [-0.15, -0.1) is 0 Å². The van der Waals surface area contributed by atoms with Gasteiger partial charge in [-0.1, -0.05) is 42.5 Å². The van der Waals surface area contributed by atoms with Gasteiger partial charge >= 0.3 is 0 Å². The first kappa shape index (κ1) is 21.5. The summed E-state index contributed by atoms with van der Waals surface area (Å²) in [7, 11) is -3.38. The van der Waals surface area contributed by atoms with Crippen LogP contribution in [0.1, 0.15) is 30.4 Å². The van der Waals surface area contributed by atoms with E-state index in [0.29, 0.717) is 32.4 Å². The summed E-state index contributed by atoms with van der Waals surface area (Å²) >= 11 is 0. The summed E-state index contributed by atoms with van der Waals surface area (Å²) < 4.78 is 39.9. The predicted molar refractivity (Wildman–Crippen MR) is 111 cm³/mol. The highest BCUT2D eigenvalue weighted by molar-refractivity contribution is 7.89. The molecule has 0 aromatic heterocycles. The number of halogens is 1. The third-order valence-electron chi connectivity index (χ3n) is 5.24. The van der Waals surface area contributed by atoms with Crippen LogP contribution < -0.4 is 5.32 Å². The third-order valence-corrected chi connectivity index (χ3v) is 7.16. The number of nitrogens with one attached hydrogen (secondary N) is 1. The molecule has 1 saturated heterocycles. The van der Waals surface area contributed by atoms with Crippen molar-refractivity contribution in [3.8, 4) is 0 Å². The molecule has 1 N–H and O–H groups in total. The van der Waals surface area contributed by atoms with Crippen molar-refractivity contribution in [3.05, 3.63) is 71.5 Å². The van der Waals surface area contributed by atoms with Gasteiger partial charge in [0.15, 0.2) is 0 Å². The van der Waals surface area contributed by atoms with Crippen molar-refractivity contribution in [1.29, 1.82) is 0 Å². The average Bonchev–Trinajstić information content (AvgIpc) is 2.74. The lowest BCUT2D eigenvalue weighted by molar-refractivity contribution is -0.126. The van der Waals surface area contributed by atoms with Crippen LogP contribution in [0, 0.1) is 11.7 Å². The lowest BCUT2D eigenvalue weighted by atomic mass is 9.99. The van der Waals surface area contributed by atoms with Gasteiger partial charge in [0.1, 0.15) is 5.82 Å². The summed E-state index contributed by atoms with van der Waals surface area (Å²) in [6.45, 7) is 0.998. The summed E-state index contributed by atoms with van der Waals surface area (Å²) in [6, 6.07) is 15.8. The van der Waals surface area contributed by atoms with Crippen LogP contribution in [-0.2, 0) is 27.8 Å². The van der Waals surface area contributed by atoms with Gasteiger partial charge in [0.2, 0.25) is 15.9 Å². The molecule has 5 nitrogen and oxygen atoms in total. The maximum atomic E-state index is 13.0.